The molecule has 0 bridgehead atoms. The molecule has 0 fully saturated rings. The first-order valence-electron chi connectivity index (χ1n) is 4.87. The molecule has 1 rings (SSSR count). The van der Waals surface area contributed by atoms with Crippen molar-refractivity contribution >= 4 is 15.8 Å². The fraction of sp³-hybridized carbons (Fsp3) is 0.364. The minimum atomic E-state index is -3.75. The average Bonchev–Trinajstić information content (AvgIpc) is 2.28. The average molecular weight is 258 g/mol. The molecule has 0 aliphatic carbocycles. The maximum Gasteiger partial charge on any atom is 0.327 e. The summed E-state index contributed by atoms with van der Waals surface area (Å²) < 4.78 is 27.4. The standard InChI is InChI=1S/C11H14O5S/c1-16-11(13)10(17(2,14)15)9(12)8-6-4-3-5-7-8/h3-7,9-10,12H,1-2H3. The van der Waals surface area contributed by atoms with E-state index in [-0.39, 0.29) is 0 Å². The smallest absolute Gasteiger partial charge is 0.327 e. The summed E-state index contributed by atoms with van der Waals surface area (Å²) in [6, 6.07) is 8.12. The van der Waals surface area contributed by atoms with Crippen LogP contribution in [0.4, 0.5) is 0 Å². The van der Waals surface area contributed by atoms with Gasteiger partial charge in [-0.2, -0.15) is 0 Å². The first-order valence-corrected chi connectivity index (χ1v) is 6.83. The number of hydrogen-bond donors (Lipinski definition) is 1. The number of rotatable bonds is 4. The van der Waals surface area contributed by atoms with Crippen LogP contribution in [-0.2, 0) is 19.4 Å². The molecular formula is C11H14O5S. The van der Waals surface area contributed by atoms with Crippen LogP contribution >= 0.6 is 0 Å². The Morgan fingerprint density at radius 3 is 2.24 bits per heavy atom. The van der Waals surface area contributed by atoms with Crippen LogP contribution in [0, 0.1) is 0 Å². The van der Waals surface area contributed by atoms with Crippen molar-refractivity contribution in [3.05, 3.63) is 35.9 Å². The van der Waals surface area contributed by atoms with Gasteiger partial charge in [0.2, 0.25) is 0 Å². The molecule has 0 aliphatic rings. The van der Waals surface area contributed by atoms with E-state index in [1.807, 2.05) is 0 Å². The Balaban J connectivity index is 3.13. The van der Waals surface area contributed by atoms with Crippen molar-refractivity contribution < 1.29 is 23.1 Å². The van der Waals surface area contributed by atoms with Crippen molar-refractivity contribution in [3.8, 4) is 0 Å². The molecule has 0 aliphatic heterocycles. The Kier molecular flexibility index (Phi) is 4.25. The summed E-state index contributed by atoms with van der Waals surface area (Å²) >= 11 is 0. The van der Waals surface area contributed by atoms with E-state index < -0.39 is 27.2 Å². The number of ether oxygens (including phenoxy) is 1. The summed E-state index contributed by atoms with van der Waals surface area (Å²) in [5.41, 5.74) is 0.355. The number of aliphatic hydroxyl groups is 1. The SMILES string of the molecule is COC(=O)C(C(O)c1ccccc1)S(C)(=O)=O. The topological polar surface area (TPSA) is 80.7 Å². The summed E-state index contributed by atoms with van der Waals surface area (Å²) in [7, 11) is -2.67. The van der Waals surface area contributed by atoms with Crippen LogP contribution in [-0.4, -0.2) is 38.1 Å². The van der Waals surface area contributed by atoms with Crippen LogP contribution in [0.25, 0.3) is 0 Å². The molecule has 1 aromatic carbocycles. The van der Waals surface area contributed by atoms with E-state index in [2.05, 4.69) is 4.74 Å². The van der Waals surface area contributed by atoms with Crippen molar-refractivity contribution in [2.75, 3.05) is 13.4 Å². The highest BCUT2D eigenvalue weighted by atomic mass is 32.2. The van der Waals surface area contributed by atoms with Crippen molar-refractivity contribution in [1.82, 2.24) is 0 Å². The first kappa shape index (κ1) is 13.7. The third-order valence-corrected chi connectivity index (χ3v) is 3.70. The van der Waals surface area contributed by atoms with Gasteiger partial charge in [0, 0.05) is 6.26 Å². The van der Waals surface area contributed by atoms with Crippen molar-refractivity contribution in [3.63, 3.8) is 0 Å². The first-order chi connectivity index (χ1) is 7.88. The molecule has 2 atom stereocenters. The Hall–Kier alpha value is -1.40. The Morgan fingerprint density at radius 2 is 1.82 bits per heavy atom. The molecule has 1 aromatic rings. The minimum absolute atomic E-state index is 0.355. The fourth-order valence-corrected chi connectivity index (χ4v) is 2.55. The van der Waals surface area contributed by atoms with E-state index in [1.54, 1.807) is 30.3 Å². The van der Waals surface area contributed by atoms with Gasteiger partial charge in [-0.1, -0.05) is 30.3 Å². The lowest BCUT2D eigenvalue weighted by molar-refractivity contribution is -0.142. The number of carbonyl (C=O) groups excluding carboxylic acids is 1. The van der Waals surface area contributed by atoms with Gasteiger partial charge in [-0.15, -0.1) is 0 Å². The van der Waals surface area contributed by atoms with Gasteiger partial charge < -0.3 is 9.84 Å². The minimum Gasteiger partial charge on any atom is -0.468 e. The van der Waals surface area contributed by atoms with Crippen LogP contribution in [0.2, 0.25) is 0 Å². The van der Waals surface area contributed by atoms with Crippen molar-refractivity contribution in [1.29, 1.82) is 0 Å². The highest BCUT2D eigenvalue weighted by Gasteiger charge is 2.37. The fourth-order valence-electron chi connectivity index (χ4n) is 1.48. The van der Waals surface area contributed by atoms with Crippen molar-refractivity contribution in [2.45, 2.75) is 11.4 Å². The zero-order valence-corrected chi connectivity index (χ0v) is 10.3. The predicted molar refractivity (Wildman–Crippen MR) is 62.0 cm³/mol. The quantitative estimate of drug-likeness (QED) is 0.786. The number of carbonyl (C=O) groups is 1. The molecule has 17 heavy (non-hydrogen) atoms. The molecule has 0 heterocycles. The lowest BCUT2D eigenvalue weighted by Gasteiger charge is -2.19. The molecule has 0 radical (unpaired) electrons. The Labute approximate surface area is 100.0 Å². The molecule has 0 aromatic heterocycles. The van der Waals surface area contributed by atoms with Gasteiger partial charge >= 0.3 is 5.97 Å². The highest BCUT2D eigenvalue weighted by Crippen LogP contribution is 2.22. The predicted octanol–water partition coefficient (Wildman–Crippen LogP) is 0.306. The summed E-state index contributed by atoms with van der Waals surface area (Å²) in [4.78, 5) is 11.4. The van der Waals surface area contributed by atoms with Gasteiger partial charge in [-0.05, 0) is 5.56 Å². The number of aliphatic hydroxyl groups excluding tert-OH is 1. The zero-order valence-electron chi connectivity index (χ0n) is 9.53. The molecule has 1 N–H and O–H groups in total. The molecule has 0 amide bonds. The molecule has 0 saturated carbocycles. The third-order valence-electron chi connectivity index (χ3n) is 2.32. The Morgan fingerprint density at radius 1 is 1.29 bits per heavy atom. The van der Waals surface area contributed by atoms with Gasteiger partial charge in [0.1, 0.15) is 6.10 Å². The van der Waals surface area contributed by atoms with E-state index in [1.165, 1.54) is 0 Å². The molecule has 0 saturated heterocycles. The van der Waals surface area contributed by atoms with Gasteiger partial charge in [0.05, 0.1) is 7.11 Å². The summed E-state index contributed by atoms with van der Waals surface area (Å²) in [6.07, 6.45) is -0.542. The van der Waals surface area contributed by atoms with Crippen LogP contribution in [0.15, 0.2) is 30.3 Å². The van der Waals surface area contributed by atoms with E-state index in [0.717, 1.165) is 13.4 Å². The lowest BCUT2D eigenvalue weighted by atomic mass is 10.1. The second kappa shape index (κ2) is 5.29. The van der Waals surface area contributed by atoms with Crippen LogP contribution in [0.3, 0.4) is 0 Å². The van der Waals surface area contributed by atoms with E-state index in [9.17, 15) is 18.3 Å². The largest absolute Gasteiger partial charge is 0.468 e. The normalized spacial score (nSPS) is 15.0. The number of esters is 1. The number of hydrogen-bond acceptors (Lipinski definition) is 5. The number of sulfone groups is 1. The summed E-state index contributed by atoms with van der Waals surface area (Å²) in [5, 5.41) is 8.34. The van der Waals surface area contributed by atoms with Gasteiger partial charge in [0.15, 0.2) is 15.1 Å². The van der Waals surface area contributed by atoms with E-state index in [0.29, 0.717) is 5.56 Å². The second-order valence-corrected chi connectivity index (χ2v) is 5.80. The van der Waals surface area contributed by atoms with Crippen LogP contribution in [0.5, 0.6) is 0 Å². The molecule has 94 valence electrons. The zero-order chi connectivity index (χ0) is 13.1. The van der Waals surface area contributed by atoms with Gasteiger partial charge in [-0.25, -0.2) is 8.42 Å². The summed E-state index contributed by atoms with van der Waals surface area (Å²) in [6.45, 7) is 0. The molecule has 2 unspecified atom stereocenters. The molecule has 6 heteroatoms. The molecule has 0 spiro atoms. The van der Waals surface area contributed by atoms with Crippen LogP contribution < -0.4 is 0 Å². The molecular weight excluding hydrogens is 244 g/mol. The monoisotopic (exact) mass is 258 g/mol. The summed E-state index contributed by atoms with van der Waals surface area (Å²) in [5.74, 6) is -0.969. The number of benzene rings is 1. The lowest BCUT2D eigenvalue weighted by Crippen LogP contribution is -2.36. The second-order valence-electron chi connectivity index (χ2n) is 3.63. The van der Waals surface area contributed by atoms with Gasteiger partial charge in [0.25, 0.3) is 0 Å². The maximum absolute atomic E-state index is 11.5. The van der Waals surface area contributed by atoms with E-state index >= 15 is 0 Å². The Bertz CT molecular complexity index is 480. The highest BCUT2D eigenvalue weighted by molar-refractivity contribution is 7.92. The third kappa shape index (κ3) is 3.28. The molecule has 5 nitrogen and oxygen atoms in total. The number of methoxy groups -OCH3 is 1. The van der Waals surface area contributed by atoms with E-state index in [4.69, 9.17) is 0 Å². The van der Waals surface area contributed by atoms with Crippen molar-refractivity contribution in [2.24, 2.45) is 0 Å². The maximum atomic E-state index is 11.5. The van der Waals surface area contributed by atoms with Crippen LogP contribution in [0.1, 0.15) is 11.7 Å². The van der Waals surface area contributed by atoms with Gasteiger partial charge in [-0.3, -0.25) is 4.79 Å².